The van der Waals surface area contributed by atoms with Crippen molar-refractivity contribution in [2.75, 3.05) is 7.11 Å². The van der Waals surface area contributed by atoms with Crippen LogP contribution in [0.5, 0.6) is 11.5 Å². The number of nitrogens with zero attached hydrogens (tertiary/aromatic N) is 1. The molecule has 0 atom stereocenters. The number of hydrogen-bond donors (Lipinski definition) is 0. The molecule has 1 saturated heterocycles. The molecule has 0 bridgehead atoms. The van der Waals surface area contributed by atoms with Gasteiger partial charge in [0.25, 0.3) is 11.1 Å². The van der Waals surface area contributed by atoms with Crippen molar-refractivity contribution in [2.24, 2.45) is 0 Å². The van der Waals surface area contributed by atoms with Gasteiger partial charge in [0.2, 0.25) is 0 Å². The van der Waals surface area contributed by atoms with Crippen molar-refractivity contribution in [2.45, 2.75) is 26.5 Å². The Bertz CT molecular complexity index is 942. The summed E-state index contributed by atoms with van der Waals surface area (Å²) >= 11 is 7.07. The Labute approximate surface area is 173 Å². The molecular formula is C21H20ClNO4S. The Hall–Kier alpha value is -2.44. The molecule has 1 aliphatic heterocycles. The number of hydrogen-bond acceptors (Lipinski definition) is 5. The normalized spacial score (nSPS) is 15.6. The zero-order chi connectivity index (χ0) is 20.3. The topological polar surface area (TPSA) is 55.8 Å². The molecule has 0 spiro atoms. The van der Waals surface area contributed by atoms with Crippen LogP contribution < -0.4 is 9.47 Å². The number of amides is 2. The zero-order valence-corrected chi connectivity index (χ0v) is 17.3. The van der Waals surface area contributed by atoms with Crippen LogP contribution in [0.4, 0.5) is 4.79 Å². The molecule has 2 aromatic rings. The van der Waals surface area contributed by atoms with Crippen molar-refractivity contribution >= 4 is 40.6 Å². The largest absolute Gasteiger partial charge is 0.493 e. The third kappa shape index (κ3) is 4.34. The third-order valence-corrected chi connectivity index (χ3v) is 5.31. The number of para-hydroxylation sites is 1. The van der Waals surface area contributed by atoms with Crippen molar-refractivity contribution in [3.8, 4) is 11.5 Å². The van der Waals surface area contributed by atoms with Crippen LogP contribution >= 0.6 is 23.4 Å². The number of imide groups is 1. The molecule has 0 unspecified atom stereocenters. The molecular weight excluding hydrogens is 398 g/mol. The Balaban J connectivity index is 1.91. The first-order chi connectivity index (χ1) is 13.4. The average molecular weight is 418 g/mol. The van der Waals surface area contributed by atoms with E-state index in [-0.39, 0.29) is 23.8 Å². The third-order valence-electron chi connectivity index (χ3n) is 4.03. The highest BCUT2D eigenvalue weighted by Gasteiger charge is 2.35. The maximum Gasteiger partial charge on any atom is 0.293 e. The summed E-state index contributed by atoms with van der Waals surface area (Å²) in [4.78, 5) is 26.8. The van der Waals surface area contributed by atoms with Crippen molar-refractivity contribution in [1.82, 2.24) is 4.90 Å². The van der Waals surface area contributed by atoms with E-state index in [1.165, 1.54) is 4.90 Å². The first-order valence-corrected chi connectivity index (χ1v) is 9.92. The lowest BCUT2D eigenvalue weighted by atomic mass is 10.1. The number of rotatable bonds is 6. The summed E-state index contributed by atoms with van der Waals surface area (Å²) in [5.41, 5.74) is 1.40. The van der Waals surface area contributed by atoms with Gasteiger partial charge in [-0.25, -0.2) is 0 Å². The van der Waals surface area contributed by atoms with Gasteiger partial charge in [-0.05, 0) is 49.4 Å². The first kappa shape index (κ1) is 20.3. The number of carbonyl (C=O) groups is 2. The highest BCUT2D eigenvalue weighted by atomic mass is 35.5. The Morgan fingerprint density at radius 1 is 1.14 bits per heavy atom. The van der Waals surface area contributed by atoms with Crippen LogP contribution in [-0.4, -0.2) is 29.3 Å². The molecule has 1 aliphatic rings. The summed E-state index contributed by atoms with van der Waals surface area (Å²) in [5, 5.41) is 0.191. The van der Waals surface area contributed by atoms with Crippen LogP contribution in [0.3, 0.4) is 0 Å². The molecule has 28 heavy (non-hydrogen) atoms. The predicted molar refractivity (Wildman–Crippen MR) is 112 cm³/mol. The summed E-state index contributed by atoms with van der Waals surface area (Å²) < 4.78 is 11.2. The van der Waals surface area contributed by atoms with E-state index >= 15 is 0 Å². The molecule has 0 saturated carbocycles. The van der Waals surface area contributed by atoms with Crippen molar-refractivity contribution in [1.29, 1.82) is 0 Å². The summed E-state index contributed by atoms with van der Waals surface area (Å²) in [6, 6.07) is 12.6. The second-order valence-corrected chi connectivity index (χ2v) is 7.80. The zero-order valence-electron chi connectivity index (χ0n) is 15.8. The SMILES string of the molecule is COc1cccc(/C=C2\SC(=O)N(Cc3ccccc3Cl)C2=O)c1OC(C)C. The maximum atomic E-state index is 12.8. The van der Waals surface area contributed by atoms with E-state index in [0.29, 0.717) is 27.0 Å². The fourth-order valence-electron chi connectivity index (χ4n) is 2.74. The predicted octanol–water partition coefficient (Wildman–Crippen LogP) is 5.37. The lowest BCUT2D eigenvalue weighted by Gasteiger charge is -2.16. The van der Waals surface area contributed by atoms with E-state index in [2.05, 4.69) is 0 Å². The van der Waals surface area contributed by atoms with Gasteiger partial charge in [-0.15, -0.1) is 0 Å². The first-order valence-electron chi connectivity index (χ1n) is 8.73. The number of ether oxygens (including phenoxy) is 2. The lowest BCUT2D eigenvalue weighted by molar-refractivity contribution is -0.123. The maximum absolute atomic E-state index is 12.8. The molecule has 0 N–H and O–H groups in total. The van der Waals surface area contributed by atoms with Crippen LogP contribution in [-0.2, 0) is 11.3 Å². The van der Waals surface area contributed by atoms with E-state index in [0.717, 1.165) is 17.3 Å². The van der Waals surface area contributed by atoms with Crippen LogP contribution in [0.15, 0.2) is 47.4 Å². The Morgan fingerprint density at radius 2 is 1.89 bits per heavy atom. The molecule has 0 aromatic heterocycles. The minimum Gasteiger partial charge on any atom is -0.493 e. The second-order valence-electron chi connectivity index (χ2n) is 6.40. The van der Waals surface area contributed by atoms with E-state index in [4.69, 9.17) is 21.1 Å². The molecule has 5 nitrogen and oxygen atoms in total. The van der Waals surface area contributed by atoms with Gasteiger partial charge in [-0.1, -0.05) is 41.9 Å². The van der Waals surface area contributed by atoms with Gasteiger partial charge in [0.1, 0.15) is 0 Å². The van der Waals surface area contributed by atoms with Crippen molar-refractivity contribution < 1.29 is 19.1 Å². The van der Waals surface area contributed by atoms with Gasteiger partial charge in [0.15, 0.2) is 11.5 Å². The smallest absolute Gasteiger partial charge is 0.293 e. The van der Waals surface area contributed by atoms with E-state index < -0.39 is 0 Å². The summed E-state index contributed by atoms with van der Waals surface area (Å²) in [5.74, 6) is 0.754. The summed E-state index contributed by atoms with van der Waals surface area (Å²) in [6.07, 6.45) is 1.59. The highest BCUT2D eigenvalue weighted by molar-refractivity contribution is 8.18. The number of benzene rings is 2. The minimum absolute atomic E-state index is 0.0706. The number of carbonyl (C=O) groups excluding carboxylic acids is 2. The Morgan fingerprint density at radius 3 is 2.57 bits per heavy atom. The molecule has 0 radical (unpaired) electrons. The number of halogens is 1. The van der Waals surface area contributed by atoms with Gasteiger partial charge in [0.05, 0.1) is 24.7 Å². The van der Waals surface area contributed by atoms with Gasteiger partial charge in [-0.2, -0.15) is 0 Å². The van der Waals surface area contributed by atoms with Crippen LogP contribution in [0.25, 0.3) is 6.08 Å². The second kappa shape index (κ2) is 8.71. The van der Waals surface area contributed by atoms with Gasteiger partial charge in [-0.3, -0.25) is 14.5 Å². The highest BCUT2D eigenvalue weighted by Crippen LogP contribution is 2.38. The van der Waals surface area contributed by atoms with Crippen LogP contribution in [0.1, 0.15) is 25.0 Å². The van der Waals surface area contributed by atoms with Gasteiger partial charge < -0.3 is 9.47 Å². The number of thioether (sulfide) groups is 1. The van der Waals surface area contributed by atoms with Gasteiger partial charge >= 0.3 is 0 Å². The monoisotopic (exact) mass is 417 g/mol. The lowest BCUT2D eigenvalue weighted by Crippen LogP contribution is -2.27. The summed E-state index contributed by atoms with van der Waals surface area (Å²) in [7, 11) is 1.56. The minimum atomic E-state index is -0.353. The molecule has 0 aliphatic carbocycles. The summed E-state index contributed by atoms with van der Waals surface area (Å²) in [6.45, 7) is 3.95. The van der Waals surface area contributed by atoms with E-state index in [1.54, 1.807) is 37.5 Å². The van der Waals surface area contributed by atoms with Crippen LogP contribution in [0.2, 0.25) is 5.02 Å². The molecule has 7 heteroatoms. The van der Waals surface area contributed by atoms with Gasteiger partial charge in [0, 0.05) is 10.6 Å². The molecule has 1 heterocycles. The molecule has 146 valence electrons. The van der Waals surface area contributed by atoms with E-state index in [1.807, 2.05) is 32.0 Å². The number of methoxy groups -OCH3 is 1. The Kier molecular flexibility index (Phi) is 6.31. The fraction of sp³-hybridized carbons (Fsp3) is 0.238. The van der Waals surface area contributed by atoms with Crippen molar-refractivity contribution in [3.63, 3.8) is 0 Å². The fourth-order valence-corrected chi connectivity index (χ4v) is 3.77. The van der Waals surface area contributed by atoms with Crippen molar-refractivity contribution in [3.05, 3.63) is 63.5 Å². The molecule has 1 fully saturated rings. The quantitative estimate of drug-likeness (QED) is 0.591. The van der Waals surface area contributed by atoms with E-state index in [9.17, 15) is 9.59 Å². The molecule has 2 aromatic carbocycles. The standard InChI is InChI=1S/C21H20ClNO4S/c1-13(2)27-19-14(8-6-10-17(19)26-3)11-18-20(24)23(21(25)28-18)12-15-7-4-5-9-16(15)22/h4-11,13H,12H2,1-3H3/b18-11-. The average Bonchev–Trinajstić information content (AvgIpc) is 2.92. The van der Waals surface area contributed by atoms with Crippen LogP contribution in [0, 0.1) is 0 Å². The molecule has 3 rings (SSSR count). The molecule has 2 amide bonds.